The number of nitrogens with two attached hydrogens (primary N) is 1. The minimum atomic E-state index is -0.732. The second kappa shape index (κ2) is 4.91. The molecular weight excluding hydrogens is 168 g/mol. The van der Waals surface area contributed by atoms with Gasteiger partial charge in [-0.2, -0.15) is 0 Å². The Bertz CT molecular complexity index is 145. The van der Waals surface area contributed by atoms with Crippen molar-refractivity contribution in [2.24, 2.45) is 11.3 Å². The highest BCUT2D eigenvalue weighted by Gasteiger charge is 2.39. The molecule has 1 unspecified atom stereocenters. The lowest BCUT2D eigenvalue weighted by Gasteiger charge is -2.39. The van der Waals surface area contributed by atoms with Gasteiger partial charge in [0, 0.05) is 12.0 Å². The molecule has 0 aliphatic rings. The van der Waals surface area contributed by atoms with Crippen molar-refractivity contribution in [2.75, 3.05) is 20.2 Å². The summed E-state index contributed by atoms with van der Waals surface area (Å²) in [6, 6.07) is 0. The molecule has 0 aromatic heterocycles. The van der Waals surface area contributed by atoms with Crippen molar-refractivity contribution in [1.29, 1.82) is 0 Å². The van der Waals surface area contributed by atoms with Crippen LogP contribution < -0.4 is 11.2 Å². The first-order valence-corrected chi connectivity index (χ1v) is 4.54. The van der Waals surface area contributed by atoms with E-state index in [4.69, 9.17) is 15.5 Å². The van der Waals surface area contributed by atoms with Crippen LogP contribution in [0, 0.1) is 5.41 Å². The first-order valence-electron chi connectivity index (χ1n) is 4.54. The molecule has 0 bridgehead atoms. The van der Waals surface area contributed by atoms with Gasteiger partial charge in [0.15, 0.2) is 5.79 Å². The Labute approximate surface area is 80.7 Å². The normalized spacial score (nSPS) is 17.1. The van der Waals surface area contributed by atoms with Gasteiger partial charge in [0.1, 0.15) is 0 Å². The van der Waals surface area contributed by atoms with Gasteiger partial charge in [0.05, 0.1) is 6.61 Å². The van der Waals surface area contributed by atoms with E-state index >= 15 is 0 Å². The first kappa shape index (κ1) is 12.8. The number of nitrogens with one attached hydrogen (secondary N) is 1. The summed E-state index contributed by atoms with van der Waals surface area (Å²) in [5, 5.41) is 2.99. The molecule has 1 atom stereocenters. The minimum Gasteiger partial charge on any atom is -0.347 e. The highest BCUT2D eigenvalue weighted by molar-refractivity contribution is 4.79. The highest BCUT2D eigenvalue weighted by atomic mass is 16.8. The van der Waals surface area contributed by atoms with Crippen molar-refractivity contribution in [2.45, 2.75) is 33.5 Å². The molecule has 0 amide bonds. The first-order chi connectivity index (χ1) is 5.87. The van der Waals surface area contributed by atoms with Gasteiger partial charge in [0.25, 0.3) is 0 Å². The molecule has 0 aromatic rings. The van der Waals surface area contributed by atoms with Crippen molar-refractivity contribution < 1.29 is 9.57 Å². The van der Waals surface area contributed by atoms with Crippen molar-refractivity contribution in [3.05, 3.63) is 0 Å². The molecule has 3 N–H and O–H groups in total. The summed E-state index contributed by atoms with van der Waals surface area (Å²) in [7, 11) is 1.88. The van der Waals surface area contributed by atoms with Gasteiger partial charge in [-0.3, -0.25) is 4.84 Å². The second-order valence-electron chi connectivity index (χ2n) is 4.27. The standard InChI is InChI=1S/C9H22N2O2/c1-8(2,3)9(4,13-10)12-7-6-11-5/h11H,6-7,10H2,1-5H3. The van der Waals surface area contributed by atoms with E-state index in [0.29, 0.717) is 6.61 Å². The Morgan fingerprint density at radius 3 is 2.08 bits per heavy atom. The van der Waals surface area contributed by atoms with Crippen molar-refractivity contribution in [3.63, 3.8) is 0 Å². The van der Waals surface area contributed by atoms with Crippen LogP contribution in [0.25, 0.3) is 0 Å². The molecule has 4 nitrogen and oxygen atoms in total. The number of rotatable bonds is 5. The summed E-state index contributed by atoms with van der Waals surface area (Å²) < 4.78 is 5.57. The van der Waals surface area contributed by atoms with Gasteiger partial charge in [-0.05, 0) is 14.0 Å². The molecule has 0 aromatic carbocycles. The number of hydrogen-bond acceptors (Lipinski definition) is 4. The van der Waals surface area contributed by atoms with Crippen LogP contribution in [0.15, 0.2) is 0 Å². The topological polar surface area (TPSA) is 56.5 Å². The van der Waals surface area contributed by atoms with E-state index < -0.39 is 5.79 Å². The summed E-state index contributed by atoms with van der Waals surface area (Å²) in [5.41, 5.74) is -0.143. The van der Waals surface area contributed by atoms with E-state index in [9.17, 15) is 0 Å². The molecule has 13 heavy (non-hydrogen) atoms. The lowest BCUT2D eigenvalue weighted by molar-refractivity contribution is -0.279. The summed E-state index contributed by atoms with van der Waals surface area (Å²) in [6.45, 7) is 9.30. The lowest BCUT2D eigenvalue weighted by Crippen LogP contribution is -2.48. The number of ether oxygens (including phenoxy) is 1. The summed E-state index contributed by atoms with van der Waals surface area (Å²) in [4.78, 5) is 4.90. The number of hydrogen-bond donors (Lipinski definition) is 2. The van der Waals surface area contributed by atoms with Crippen LogP contribution in [0.4, 0.5) is 0 Å². The fourth-order valence-corrected chi connectivity index (χ4v) is 0.775. The largest absolute Gasteiger partial charge is 0.347 e. The third-order valence-electron chi connectivity index (χ3n) is 2.32. The zero-order valence-electron chi connectivity index (χ0n) is 9.31. The molecule has 4 heteroatoms. The van der Waals surface area contributed by atoms with E-state index in [1.54, 1.807) is 0 Å². The zero-order valence-corrected chi connectivity index (χ0v) is 9.31. The van der Waals surface area contributed by atoms with Crippen LogP contribution in [0.2, 0.25) is 0 Å². The smallest absolute Gasteiger partial charge is 0.189 e. The Morgan fingerprint density at radius 2 is 1.77 bits per heavy atom. The molecule has 0 fully saturated rings. The number of likely N-dealkylation sites (N-methyl/N-ethyl adjacent to an activating group) is 1. The van der Waals surface area contributed by atoms with Gasteiger partial charge in [-0.15, -0.1) is 0 Å². The van der Waals surface area contributed by atoms with Gasteiger partial charge in [-0.1, -0.05) is 20.8 Å². The predicted octanol–water partition coefficient (Wildman–Crippen LogP) is 0.875. The molecule has 0 saturated carbocycles. The van der Waals surface area contributed by atoms with Crippen molar-refractivity contribution >= 4 is 0 Å². The Balaban J connectivity index is 4.13. The Morgan fingerprint density at radius 1 is 1.23 bits per heavy atom. The molecule has 0 rings (SSSR count). The maximum Gasteiger partial charge on any atom is 0.189 e. The maximum atomic E-state index is 5.57. The van der Waals surface area contributed by atoms with E-state index in [0.717, 1.165) is 6.54 Å². The molecule has 0 aliphatic heterocycles. The average molecular weight is 190 g/mol. The summed E-state index contributed by atoms with van der Waals surface area (Å²) in [6.07, 6.45) is 0. The third kappa shape index (κ3) is 3.60. The monoisotopic (exact) mass is 190 g/mol. The molecule has 0 heterocycles. The fourth-order valence-electron chi connectivity index (χ4n) is 0.775. The van der Waals surface area contributed by atoms with Gasteiger partial charge in [0.2, 0.25) is 0 Å². The molecule has 0 spiro atoms. The Kier molecular flexibility index (Phi) is 4.85. The second-order valence-corrected chi connectivity index (χ2v) is 4.27. The molecule has 80 valence electrons. The molecule has 0 radical (unpaired) electrons. The van der Waals surface area contributed by atoms with E-state index in [1.807, 2.05) is 34.7 Å². The third-order valence-corrected chi connectivity index (χ3v) is 2.32. The van der Waals surface area contributed by atoms with Gasteiger partial charge in [-0.25, -0.2) is 5.90 Å². The highest BCUT2D eigenvalue weighted by Crippen LogP contribution is 2.33. The van der Waals surface area contributed by atoms with E-state index in [2.05, 4.69) is 5.32 Å². The van der Waals surface area contributed by atoms with Crippen molar-refractivity contribution in [1.82, 2.24) is 5.32 Å². The SMILES string of the molecule is CNCCOC(C)(ON)C(C)(C)C. The van der Waals surface area contributed by atoms with Crippen LogP contribution in [-0.2, 0) is 9.57 Å². The van der Waals surface area contributed by atoms with Crippen molar-refractivity contribution in [3.8, 4) is 0 Å². The average Bonchev–Trinajstić information content (AvgIpc) is 2.02. The van der Waals surface area contributed by atoms with E-state index in [-0.39, 0.29) is 5.41 Å². The fraction of sp³-hybridized carbons (Fsp3) is 1.00. The van der Waals surface area contributed by atoms with Gasteiger partial charge >= 0.3 is 0 Å². The van der Waals surface area contributed by atoms with Crippen LogP contribution in [-0.4, -0.2) is 26.0 Å². The molecule has 0 saturated heterocycles. The van der Waals surface area contributed by atoms with Crippen LogP contribution in [0.1, 0.15) is 27.7 Å². The minimum absolute atomic E-state index is 0.143. The van der Waals surface area contributed by atoms with E-state index in [1.165, 1.54) is 0 Å². The molecular formula is C9H22N2O2. The maximum absolute atomic E-state index is 5.57. The van der Waals surface area contributed by atoms with Crippen LogP contribution in [0.5, 0.6) is 0 Å². The quantitative estimate of drug-likeness (QED) is 0.384. The lowest BCUT2D eigenvalue weighted by atomic mass is 9.86. The molecule has 0 aliphatic carbocycles. The summed E-state index contributed by atoms with van der Waals surface area (Å²) >= 11 is 0. The summed E-state index contributed by atoms with van der Waals surface area (Å²) in [5.74, 6) is 4.50. The zero-order chi connectivity index (χ0) is 10.5. The van der Waals surface area contributed by atoms with Crippen LogP contribution >= 0.6 is 0 Å². The predicted molar refractivity (Wildman–Crippen MR) is 53.0 cm³/mol. The van der Waals surface area contributed by atoms with Gasteiger partial charge < -0.3 is 10.1 Å². The Hall–Kier alpha value is -0.160. The van der Waals surface area contributed by atoms with Crippen LogP contribution in [0.3, 0.4) is 0 Å².